The van der Waals surface area contributed by atoms with Crippen LogP contribution in [0.25, 0.3) is 0 Å². The van der Waals surface area contributed by atoms with E-state index in [2.05, 4.69) is 5.32 Å². The van der Waals surface area contributed by atoms with Gasteiger partial charge >= 0.3 is 0 Å². The second kappa shape index (κ2) is 5.17. The number of halogens is 1. The van der Waals surface area contributed by atoms with Gasteiger partial charge in [0.25, 0.3) is 0 Å². The molecule has 0 saturated carbocycles. The molecule has 0 amide bonds. The van der Waals surface area contributed by atoms with Crippen LogP contribution in [-0.2, 0) is 10.0 Å². The van der Waals surface area contributed by atoms with Gasteiger partial charge in [-0.25, -0.2) is 8.42 Å². The zero-order valence-electron chi connectivity index (χ0n) is 10.5. The third kappa shape index (κ3) is 2.54. The fourth-order valence-electron chi connectivity index (χ4n) is 2.22. The molecule has 2 rings (SSSR count). The number of rotatable bonds is 3. The molecule has 1 fully saturated rings. The SMILES string of the molecule is CNC1CCN(S(=O)(=O)c2ccc(Cl)cc2C)C1. The third-order valence-corrected chi connectivity index (χ3v) is 5.57. The molecule has 1 unspecified atom stereocenters. The third-order valence-electron chi connectivity index (χ3n) is 3.31. The van der Waals surface area contributed by atoms with Crippen molar-refractivity contribution in [3.63, 3.8) is 0 Å². The van der Waals surface area contributed by atoms with E-state index < -0.39 is 10.0 Å². The predicted octanol–water partition coefficient (Wildman–Crippen LogP) is 1.63. The number of aryl methyl sites for hydroxylation is 1. The molecule has 0 spiro atoms. The van der Waals surface area contributed by atoms with Crippen LogP contribution in [0.15, 0.2) is 23.1 Å². The molecule has 6 heteroatoms. The molecule has 1 heterocycles. The first-order valence-corrected chi connectivity index (χ1v) is 7.70. The Balaban J connectivity index is 2.31. The van der Waals surface area contributed by atoms with Crippen molar-refractivity contribution in [2.75, 3.05) is 20.1 Å². The summed E-state index contributed by atoms with van der Waals surface area (Å²) < 4.78 is 26.5. The van der Waals surface area contributed by atoms with E-state index in [1.807, 2.05) is 7.05 Å². The lowest BCUT2D eigenvalue weighted by atomic mass is 10.2. The zero-order chi connectivity index (χ0) is 13.3. The first kappa shape index (κ1) is 13.8. The van der Waals surface area contributed by atoms with Crippen LogP contribution in [0.4, 0.5) is 0 Å². The Kier molecular flexibility index (Phi) is 3.96. The molecule has 1 N–H and O–H groups in total. The number of hydrogen-bond acceptors (Lipinski definition) is 3. The van der Waals surface area contributed by atoms with Gasteiger partial charge in [-0.05, 0) is 44.2 Å². The molecule has 1 aromatic carbocycles. The largest absolute Gasteiger partial charge is 0.316 e. The van der Waals surface area contributed by atoms with Crippen LogP contribution in [0, 0.1) is 6.92 Å². The fourth-order valence-corrected chi connectivity index (χ4v) is 4.16. The van der Waals surface area contributed by atoms with Gasteiger partial charge < -0.3 is 5.32 Å². The van der Waals surface area contributed by atoms with E-state index >= 15 is 0 Å². The van der Waals surface area contributed by atoms with Crippen LogP contribution >= 0.6 is 11.6 Å². The molecule has 0 aromatic heterocycles. The highest BCUT2D eigenvalue weighted by Gasteiger charge is 2.32. The van der Waals surface area contributed by atoms with Gasteiger partial charge in [0.15, 0.2) is 0 Å². The monoisotopic (exact) mass is 288 g/mol. The van der Waals surface area contributed by atoms with E-state index in [1.165, 1.54) is 4.31 Å². The standard InChI is InChI=1S/C12H17ClN2O2S/c1-9-7-10(13)3-4-12(9)18(16,17)15-6-5-11(8-15)14-2/h3-4,7,11,14H,5-6,8H2,1-2H3. The van der Waals surface area contributed by atoms with Gasteiger partial charge in [0, 0.05) is 24.2 Å². The minimum absolute atomic E-state index is 0.243. The summed E-state index contributed by atoms with van der Waals surface area (Å²) in [6.45, 7) is 2.86. The van der Waals surface area contributed by atoms with E-state index in [0.29, 0.717) is 28.6 Å². The van der Waals surface area contributed by atoms with Gasteiger partial charge in [-0.2, -0.15) is 4.31 Å². The Bertz CT molecular complexity index is 545. The lowest BCUT2D eigenvalue weighted by molar-refractivity contribution is 0.464. The van der Waals surface area contributed by atoms with E-state index in [1.54, 1.807) is 25.1 Å². The summed E-state index contributed by atoms with van der Waals surface area (Å²) in [5.41, 5.74) is 0.690. The van der Waals surface area contributed by atoms with Crippen LogP contribution in [-0.4, -0.2) is 38.9 Å². The Morgan fingerprint density at radius 2 is 2.17 bits per heavy atom. The molecule has 1 aromatic rings. The molecule has 0 bridgehead atoms. The van der Waals surface area contributed by atoms with Crippen molar-refractivity contribution in [3.8, 4) is 0 Å². The Morgan fingerprint density at radius 3 is 2.72 bits per heavy atom. The van der Waals surface area contributed by atoms with Gasteiger partial charge in [-0.3, -0.25) is 0 Å². The van der Waals surface area contributed by atoms with E-state index in [9.17, 15) is 8.42 Å². The lowest BCUT2D eigenvalue weighted by Crippen LogP contribution is -2.33. The maximum absolute atomic E-state index is 12.5. The highest BCUT2D eigenvalue weighted by Crippen LogP contribution is 2.25. The molecule has 100 valence electrons. The summed E-state index contributed by atoms with van der Waals surface area (Å²) in [4.78, 5) is 0.351. The fraction of sp³-hybridized carbons (Fsp3) is 0.500. The van der Waals surface area contributed by atoms with E-state index in [0.717, 1.165) is 6.42 Å². The van der Waals surface area contributed by atoms with E-state index in [-0.39, 0.29) is 6.04 Å². The van der Waals surface area contributed by atoms with Crippen LogP contribution < -0.4 is 5.32 Å². The van der Waals surface area contributed by atoms with Crippen molar-refractivity contribution in [3.05, 3.63) is 28.8 Å². The van der Waals surface area contributed by atoms with Gasteiger partial charge in [0.1, 0.15) is 0 Å². The number of nitrogens with one attached hydrogen (secondary N) is 1. The molecule has 0 radical (unpaired) electrons. The van der Waals surface area contributed by atoms with Crippen LogP contribution in [0.2, 0.25) is 5.02 Å². The molecule has 4 nitrogen and oxygen atoms in total. The molecule has 1 saturated heterocycles. The highest BCUT2D eigenvalue weighted by molar-refractivity contribution is 7.89. The quantitative estimate of drug-likeness (QED) is 0.920. The van der Waals surface area contributed by atoms with Gasteiger partial charge in [-0.15, -0.1) is 0 Å². The average molecular weight is 289 g/mol. The van der Waals surface area contributed by atoms with Crippen molar-refractivity contribution in [1.82, 2.24) is 9.62 Å². The molecular formula is C12H17ClN2O2S. The molecule has 18 heavy (non-hydrogen) atoms. The topological polar surface area (TPSA) is 49.4 Å². The summed E-state index contributed by atoms with van der Waals surface area (Å²) >= 11 is 5.85. The summed E-state index contributed by atoms with van der Waals surface area (Å²) in [7, 11) is -1.54. The number of nitrogens with zero attached hydrogens (tertiary/aromatic N) is 1. The zero-order valence-corrected chi connectivity index (χ0v) is 12.1. The van der Waals surface area contributed by atoms with Crippen molar-refractivity contribution < 1.29 is 8.42 Å². The number of hydrogen-bond donors (Lipinski definition) is 1. The minimum Gasteiger partial charge on any atom is -0.316 e. The Hall–Kier alpha value is -0.620. The molecule has 1 aliphatic rings. The summed E-state index contributed by atoms with van der Waals surface area (Å²) in [5, 5.41) is 3.67. The highest BCUT2D eigenvalue weighted by atomic mass is 35.5. The average Bonchev–Trinajstić information content (AvgIpc) is 2.77. The first-order chi connectivity index (χ1) is 8.45. The van der Waals surface area contributed by atoms with Crippen LogP contribution in [0.3, 0.4) is 0 Å². The van der Waals surface area contributed by atoms with Crippen LogP contribution in [0.1, 0.15) is 12.0 Å². The minimum atomic E-state index is -3.39. The lowest BCUT2D eigenvalue weighted by Gasteiger charge is -2.18. The van der Waals surface area contributed by atoms with Crippen molar-refractivity contribution >= 4 is 21.6 Å². The second-order valence-corrected chi connectivity index (χ2v) is 6.89. The molecule has 1 atom stereocenters. The van der Waals surface area contributed by atoms with Crippen molar-refractivity contribution in [2.24, 2.45) is 0 Å². The number of likely N-dealkylation sites (N-methyl/N-ethyl adjacent to an activating group) is 1. The van der Waals surface area contributed by atoms with Gasteiger partial charge in [0.2, 0.25) is 10.0 Å². The van der Waals surface area contributed by atoms with Crippen LogP contribution in [0.5, 0.6) is 0 Å². The Morgan fingerprint density at radius 1 is 1.44 bits per heavy atom. The van der Waals surface area contributed by atoms with Gasteiger partial charge in [0.05, 0.1) is 4.90 Å². The molecule has 0 aliphatic carbocycles. The second-order valence-electron chi connectivity index (χ2n) is 4.55. The van der Waals surface area contributed by atoms with Gasteiger partial charge in [-0.1, -0.05) is 11.6 Å². The summed E-state index contributed by atoms with van der Waals surface area (Å²) in [5.74, 6) is 0. The molecule has 1 aliphatic heterocycles. The van der Waals surface area contributed by atoms with Crippen molar-refractivity contribution in [1.29, 1.82) is 0 Å². The maximum Gasteiger partial charge on any atom is 0.243 e. The smallest absolute Gasteiger partial charge is 0.243 e. The summed E-state index contributed by atoms with van der Waals surface area (Å²) in [6.07, 6.45) is 0.850. The maximum atomic E-state index is 12.5. The first-order valence-electron chi connectivity index (χ1n) is 5.88. The number of sulfonamides is 1. The van der Waals surface area contributed by atoms with E-state index in [4.69, 9.17) is 11.6 Å². The number of benzene rings is 1. The predicted molar refractivity (Wildman–Crippen MR) is 72.4 cm³/mol. The summed E-state index contributed by atoms with van der Waals surface area (Å²) in [6, 6.07) is 5.12. The van der Waals surface area contributed by atoms with Crippen molar-refractivity contribution in [2.45, 2.75) is 24.3 Å². The Labute approximate surface area is 113 Å². The normalized spacial score (nSPS) is 21.4. The molecular weight excluding hydrogens is 272 g/mol.